The number of aliphatic hydroxyl groups is 1. The van der Waals surface area contributed by atoms with E-state index in [9.17, 15) is 14.7 Å². The first-order valence-electron chi connectivity index (χ1n) is 14.8. The molecule has 1 aromatic heterocycles. The smallest absolute Gasteiger partial charge is 0.405 e. The fraction of sp³-hybridized carbons (Fsp3) is 0.441. The molecule has 8 nitrogen and oxygen atoms in total. The van der Waals surface area contributed by atoms with Gasteiger partial charge in [-0.2, -0.15) is 0 Å². The molecule has 5 N–H and O–H groups in total. The number of hydrogen-bond acceptors (Lipinski definition) is 5. The fourth-order valence-electron chi connectivity index (χ4n) is 6.25. The Hall–Kier alpha value is -3.91. The molecule has 4 rings (SSSR count). The number of aromatic nitrogens is 2. The van der Waals surface area contributed by atoms with Gasteiger partial charge < -0.3 is 25.9 Å². The number of allylic oxidation sites excluding steroid dienone is 1. The summed E-state index contributed by atoms with van der Waals surface area (Å²) in [6.45, 7) is 12.2. The van der Waals surface area contributed by atoms with Gasteiger partial charge in [-0.15, -0.1) is 6.58 Å². The number of amides is 2. The SMILES string of the molecule is C=C[C@@H](C[C@H](O)[C@H](CC(C)C)NC(=O)[C@@H](OC(N)=O)C(CC1c2ccccc2-c2ccccc21)c1c[nH]cn1)C(C)C. The lowest BCUT2D eigenvalue weighted by atomic mass is 9.82. The predicted molar refractivity (Wildman–Crippen MR) is 165 cm³/mol. The van der Waals surface area contributed by atoms with Crippen LogP contribution in [0.4, 0.5) is 4.79 Å². The molecule has 0 fully saturated rings. The zero-order valence-corrected chi connectivity index (χ0v) is 25.0. The number of H-pyrrole nitrogens is 1. The number of carbonyl (C=O) groups is 2. The number of nitrogens with two attached hydrogens (primary N) is 1. The highest BCUT2D eigenvalue weighted by Crippen LogP contribution is 2.49. The fourth-order valence-corrected chi connectivity index (χ4v) is 6.25. The summed E-state index contributed by atoms with van der Waals surface area (Å²) in [6, 6.07) is 15.9. The minimum atomic E-state index is -1.26. The third-order valence-electron chi connectivity index (χ3n) is 8.41. The van der Waals surface area contributed by atoms with Crippen LogP contribution in [0.1, 0.15) is 75.6 Å². The second kappa shape index (κ2) is 13.8. The summed E-state index contributed by atoms with van der Waals surface area (Å²) in [5, 5.41) is 14.3. The molecular formula is C34H44N4O4. The number of aliphatic hydroxyl groups excluding tert-OH is 1. The van der Waals surface area contributed by atoms with Crippen LogP contribution >= 0.6 is 0 Å². The van der Waals surface area contributed by atoms with Gasteiger partial charge in [-0.05, 0) is 59.3 Å². The van der Waals surface area contributed by atoms with Crippen molar-refractivity contribution in [1.82, 2.24) is 15.3 Å². The van der Waals surface area contributed by atoms with Gasteiger partial charge in [0, 0.05) is 12.1 Å². The molecule has 5 atom stereocenters. The Kier molecular flexibility index (Phi) is 10.2. The molecule has 2 aromatic carbocycles. The van der Waals surface area contributed by atoms with Crippen LogP contribution in [0.25, 0.3) is 11.1 Å². The van der Waals surface area contributed by atoms with Crippen molar-refractivity contribution in [1.29, 1.82) is 0 Å². The van der Waals surface area contributed by atoms with E-state index in [-0.39, 0.29) is 17.8 Å². The van der Waals surface area contributed by atoms with E-state index in [1.54, 1.807) is 12.5 Å². The molecule has 3 aromatic rings. The summed E-state index contributed by atoms with van der Waals surface area (Å²) in [4.78, 5) is 33.7. The van der Waals surface area contributed by atoms with E-state index in [0.717, 1.165) is 22.3 Å². The van der Waals surface area contributed by atoms with Gasteiger partial charge >= 0.3 is 6.09 Å². The molecule has 0 bridgehead atoms. The molecule has 224 valence electrons. The number of nitrogens with zero attached hydrogens (tertiary/aromatic N) is 1. The molecule has 0 saturated heterocycles. The Labute approximate surface area is 248 Å². The largest absolute Gasteiger partial charge is 0.436 e. The number of fused-ring (bicyclic) bond motifs is 3. The van der Waals surface area contributed by atoms with E-state index in [0.29, 0.717) is 30.9 Å². The summed E-state index contributed by atoms with van der Waals surface area (Å²) in [5.41, 5.74) is 10.7. The minimum Gasteiger partial charge on any atom is -0.436 e. The van der Waals surface area contributed by atoms with Crippen molar-refractivity contribution in [2.24, 2.45) is 23.5 Å². The highest BCUT2D eigenvalue weighted by molar-refractivity contribution is 5.85. The quantitative estimate of drug-likeness (QED) is 0.179. The number of primary amides is 1. The molecule has 0 spiro atoms. The number of ether oxygens (including phenoxy) is 1. The lowest BCUT2D eigenvalue weighted by Crippen LogP contribution is -2.51. The van der Waals surface area contributed by atoms with E-state index < -0.39 is 36.2 Å². The van der Waals surface area contributed by atoms with E-state index in [1.807, 2.05) is 44.2 Å². The standard InChI is InChI=1S/C34H44N4O4/c1-6-22(21(4)5)16-31(39)29(15-20(2)3)38-33(40)32(42-34(35)41)28(30-18-36-19-37-30)17-27-25-13-9-7-11-23(25)24-12-8-10-14-26(24)27/h6-14,18-22,27-29,31-32,39H,1,15-17H2,2-5H3,(H2,35,41)(H,36,37)(H,38,40)/t22-,28?,29-,31-,32-/m0/s1. The van der Waals surface area contributed by atoms with Crippen LogP contribution in [-0.2, 0) is 9.53 Å². The molecule has 0 saturated carbocycles. The second-order valence-electron chi connectivity index (χ2n) is 12.1. The van der Waals surface area contributed by atoms with Crippen LogP contribution in [0.5, 0.6) is 0 Å². The van der Waals surface area contributed by atoms with Crippen LogP contribution in [0, 0.1) is 17.8 Å². The molecule has 1 aliphatic rings. The number of benzene rings is 2. The minimum absolute atomic E-state index is 0.0534. The second-order valence-corrected chi connectivity index (χ2v) is 12.1. The number of imidazole rings is 1. The van der Waals surface area contributed by atoms with Crippen LogP contribution in [0.3, 0.4) is 0 Å². The summed E-state index contributed by atoms with van der Waals surface area (Å²) in [6.07, 6.45) is 3.47. The van der Waals surface area contributed by atoms with Gasteiger partial charge in [0.05, 0.1) is 30.1 Å². The first-order chi connectivity index (χ1) is 20.1. The van der Waals surface area contributed by atoms with E-state index in [2.05, 4.69) is 60.0 Å². The normalized spacial score (nSPS) is 16.3. The van der Waals surface area contributed by atoms with Crippen molar-refractivity contribution in [3.8, 4) is 11.1 Å². The van der Waals surface area contributed by atoms with Crippen LogP contribution in [0.15, 0.2) is 73.7 Å². The molecule has 0 radical (unpaired) electrons. The van der Waals surface area contributed by atoms with Crippen molar-refractivity contribution in [3.05, 3.63) is 90.5 Å². The summed E-state index contributed by atoms with van der Waals surface area (Å²) in [5.74, 6) is -0.590. The Balaban J connectivity index is 1.67. The van der Waals surface area contributed by atoms with Gasteiger partial charge in [-0.3, -0.25) is 4.79 Å². The Morgan fingerprint density at radius 3 is 2.19 bits per heavy atom. The van der Waals surface area contributed by atoms with Gasteiger partial charge in [0.2, 0.25) is 0 Å². The Bertz CT molecular complexity index is 1310. The maximum atomic E-state index is 14.1. The van der Waals surface area contributed by atoms with Gasteiger partial charge in [-0.25, -0.2) is 9.78 Å². The predicted octanol–water partition coefficient (Wildman–Crippen LogP) is 5.90. The molecular weight excluding hydrogens is 528 g/mol. The Morgan fingerprint density at radius 2 is 1.69 bits per heavy atom. The third-order valence-corrected chi connectivity index (χ3v) is 8.41. The van der Waals surface area contributed by atoms with Gasteiger partial charge in [-0.1, -0.05) is 82.3 Å². The highest BCUT2D eigenvalue weighted by atomic mass is 16.6. The van der Waals surface area contributed by atoms with Crippen molar-refractivity contribution in [2.75, 3.05) is 0 Å². The third kappa shape index (κ3) is 7.10. The van der Waals surface area contributed by atoms with Crippen molar-refractivity contribution in [2.45, 2.75) is 77.0 Å². The van der Waals surface area contributed by atoms with E-state index in [4.69, 9.17) is 10.5 Å². The molecule has 0 aliphatic heterocycles. The van der Waals surface area contributed by atoms with Gasteiger partial charge in [0.15, 0.2) is 6.10 Å². The molecule has 2 amide bonds. The topological polar surface area (TPSA) is 130 Å². The molecule has 1 heterocycles. The van der Waals surface area contributed by atoms with E-state index in [1.165, 1.54) is 0 Å². The van der Waals surface area contributed by atoms with Crippen LogP contribution in [-0.4, -0.2) is 45.3 Å². The molecule has 42 heavy (non-hydrogen) atoms. The summed E-state index contributed by atoms with van der Waals surface area (Å²) in [7, 11) is 0. The maximum absolute atomic E-state index is 14.1. The average molecular weight is 573 g/mol. The zero-order valence-electron chi connectivity index (χ0n) is 25.0. The monoisotopic (exact) mass is 572 g/mol. The lowest BCUT2D eigenvalue weighted by Gasteiger charge is -2.32. The van der Waals surface area contributed by atoms with Crippen molar-refractivity contribution in [3.63, 3.8) is 0 Å². The zero-order chi connectivity index (χ0) is 30.4. The number of rotatable bonds is 14. The Morgan fingerprint density at radius 1 is 1.07 bits per heavy atom. The van der Waals surface area contributed by atoms with E-state index >= 15 is 0 Å². The van der Waals surface area contributed by atoms with Gasteiger partial charge in [0.1, 0.15) is 0 Å². The summed E-state index contributed by atoms with van der Waals surface area (Å²) < 4.78 is 5.59. The van der Waals surface area contributed by atoms with Crippen molar-refractivity contribution >= 4 is 12.0 Å². The first-order valence-corrected chi connectivity index (χ1v) is 14.8. The average Bonchev–Trinajstić information content (AvgIpc) is 3.59. The number of carbonyl (C=O) groups excluding carboxylic acids is 2. The lowest BCUT2D eigenvalue weighted by molar-refractivity contribution is -0.132. The number of nitrogens with one attached hydrogen (secondary N) is 2. The number of aromatic amines is 1. The highest BCUT2D eigenvalue weighted by Gasteiger charge is 2.40. The molecule has 1 unspecified atom stereocenters. The first kappa shape index (κ1) is 31.0. The van der Waals surface area contributed by atoms with Crippen molar-refractivity contribution < 1.29 is 19.4 Å². The van der Waals surface area contributed by atoms with Crippen LogP contribution < -0.4 is 11.1 Å². The van der Waals surface area contributed by atoms with Gasteiger partial charge in [0.25, 0.3) is 5.91 Å². The maximum Gasteiger partial charge on any atom is 0.405 e. The molecule has 8 heteroatoms. The molecule has 1 aliphatic carbocycles. The van der Waals surface area contributed by atoms with Crippen LogP contribution in [0.2, 0.25) is 0 Å². The summed E-state index contributed by atoms with van der Waals surface area (Å²) >= 11 is 0. The number of hydrogen-bond donors (Lipinski definition) is 4.